The fourth-order valence-electron chi connectivity index (χ4n) is 1.67. The number of aromatic amines is 1. The van der Waals surface area contributed by atoms with E-state index in [-0.39, 0.29) is 5.56 Å². The molecule has 0 radical (unpaired) electrons. The molecule has 0 aliphatic rings. The van der Waals surface area contributed by atoms with Gasteiger partial charge in [0.05, 0.1) is 5.56 Å². The molecule has 3 nitrogen and oxygen atoms in total. The van der Waals surface area contributed by atoms with Gasteiger partial charge in [-0.2, -0.15) is 0 Å². The zero-order valence-electron chi connectivity index (χ0n) is 8.95. The van der Waals surface area contributed by atoms with E-state index in [1.54, 1.807) is 4.68 Å². The maximum Gasteiger partial charge on any atom is 0.271 e. The van der Waals surface area contributed by atoms with E-state index in [0.29, 0.717) is 0 Å². The Morgan fingerprint density at radius 2 is 2.00 bits per heavy atom. The summed E-state index contributed by atoms with van der Waals surface area (Å²) in [6.45, 7) is 4.79. The fourth-order valence-corrected chi connectivity index (χ4v) is 1.67. The Labute approximate surface area is 88.4 Å². The van der Waals surface area contributed by atoms with E-state index in [2.05, 4.69) is 5.10 Å². The molecule has 0 aliphatic carbocycles. The van der Waals surface area contributed by atoms with Crippen LogP contribution in [0.3, 0.4) is 0 Å². The van der Waals surface area contributed by atoms with Crippen LogP contribution >= 0.6 is 0 Å². The van der Waals surface area contributed by atoms with Crippen LogP contribution < -0.4 is 5.56 Å². The minimum Gasteiger partial charge on any atom is -0.292 e. The molecule has 0 saturated carbocycles. The number of nitrogens with zero attached hydrogens (tertiary/aromatic N) is 1. The Morgan fingerprint density at radius 3 is 2.60 bits per heavy atom. The number of hydrogen-bond donors (Lipinski definition) is 1. The average Bonchev–Trinajstić information content (AvgIpc) is 2.60. The monoisotopic (exact) mass is 202 g/mol. The first-order valence-electron chi connectivity index (χ1n) is 5.08. The molecule has 2 aromatic rings. The van der Waals surface area contributed by atoms with Gasteiger partial charge >= 0.3 is 0 Å². The van der Waals surface area contributed by atoms with Crippen molar-refractivity contribution in [2.75, 3.05) is 0 Å². The van der Waals surface area contributed by atoms with Crippen molar-refractivity contribution < 1.29 is 0 Å². The van der Waals surface area contributed by atoms with E-state index in [4.69, 9.17) is 0 Å². The van der Waals surface area contributed by atoms with Crippen LogP contribution in [0.5, 0.6) is 0 Å². The first-order valence-corrected chi connectivity index (χ1v) is 5.08. The summed E-state index contributed by atoms with van der Waals surface area (Å²) >= 11 is 0. The summed E-state index contributed by atoms with van der Waals surface area (Å²) < 4.78 is 1.80. The van der Waals surface area contributed by atoms with Crippen molar-refractivity contribution in [1.29, 1.82) is 0 Å². The van der Waals surface area contributed by atoms with Gasteiger partial charge in [-0.05, 0) is 25.0 Å². The van der Waals surface area contributed by atoms with Crippen molar-refractivity contribution in [3.63, 3.8) is 0 Å². The van der Waals surface area contributed by atoms with Crippen molar-refractivity contribution >= 4 is 0 Å². The molecule has 0 amide bonds. The van der Waals surface area contributed by atoms with Gasteiger partial charge in [0.15, 0.2) is 0 Å². The van der Waals surface area contributed by atoms with Crippen molar-refractivity contribution in [3.05, 3.63) is 46.4 Å². The van der Waals surface area contributed by atoms with E-state index < -0.39 is 0 Å². The topological polar surface area (TPSA) is 37.8 Å². The van der Waals surface area contributed by atoms with Crippen LogP contribution in [0, 0.1) is 6.92 Å². The van der Waals surface area contributed by atoms with Gasteiger partial charge < -0.3 is 0 Å². The molecule has 15 heavy (non-hydrogen) atoms. The maximum absolute atomic E-state index is 11.7. The molecule has 0 saturated heterocycles. The molecular weight excluding hydrogens is 188 g/mol. The highest BCUT2D eigenvalue weighted by Gasteiger charge is 2.07. The smallest absolute Gasteiger partial charge is 0.271 e. The van der Waals surface area contributed by atoms with E-state index in [0.717, 1.165) is 23.2 Å². The highest BCUT2D eigenvalue weighted by molar-refractivity contribution is 5.65. The number of aryl methyl sites for hydroxylation is 2. The summed E-state index contributed by atoms with van der Waals surface area (Å²) in [6.07, 6.45) is 1.87. The van der Waals surface area contributed by atoms with Crippen molar-refractivity contribution in [1.82, 2.24) is 9.78 Å². The second-order valence-electron chi connectivity index (χ2n) is 3.58. The summed E-state index contributed by atoms with van der Waals surface area (Å²) in [7, 11) is 0. The minimum absolute atomic E-state index is 0.0221. The summed E-state index contributed by atoms with van der Waals surface area (Å²) in [5, 5.41) is 2.78. The summed E-state index contributed by atoms with van der Waals surface area (Å²) in [5.41, 5.74) is 2.85. The first-order chi connectivity index (χ1) is 7.22. The number of nitrogens with one attached hydrogen (secondary N) is 1. The quantitative estimate of drug-likeness (QED) is 0.796. The highest BCUT2D eigenvalue weighted by Crippen LogP contribution is 2.18. The number of hydrogen-bond acceptors (Lipinski definition) is 1. The van der Waals surface area contributed by atoms with Crippen LogP contribution in [0.4, 0.5) is 0 Å². The van der Waals surface area contributed by atoms with Gasteiger partial charge in [0.25, 0.3) is 5.56 Å². The largest absolute Gasteiger partial charge is 0.292 e. The van der Waals surface area contributed by atoms with Gasteiger partial charge in [0.1, 0.15) is 0 Å². The third-order valence-electron chi connectivity index (χ3n) is 2.55. The van der Waals surface area contributed by atoms with E-state index in [1.165, 1.54) is 0 Å². The summed E-state index contributed by atoms with van der Waals surface area (Å²) in [4.78, 5) is 11.7. The molecule has 0 bridgehead atoms. The Morgan fingerprint density at radius 1 is 1.27 bits per heavy atom. The van der Waals surface area contributed by atoms with Gasteiger partial charge in [0, 0.05) is 12.7 Å². The van der Waals surface area contributed by atoms with Crippen LogP contribution in [0.15, 0.2) is 35.3 Å². The average molecular weight is 202 g/mol. The second kappa shape index (κ2) is 3.77. The molecule has 3 heteroatoms. The molecule has 1 heterocycles. The number of aromatic nitrogens is 2. The number of benzene rings is 1. The third kappa shape index (κ3) is 1.73. The molecular formula is C12H14N2O. The second-order valence-corrected chi connectivity index (χ2v) is 3.58. The molecule has 78 valence electrons. The molecule has 1 aromatic heterocycles. The van der Waals surface area contributed by atoms with Crippen molar-refractivity contribution in [2.24, 2.45) is 0 Å². The molecule has 1 aromatic carbocycles. The lowest BCUT2D eigenvalue weighted by molar-refractivity contribution is 0.653. The first kappa shape index (κ1) is 9.77. The van der Waals surface area contributed by atoms with Crippen molar-refractivity contribution in [3.8, 4) is 11.1 Å². The molecule has 0 unspecified atom stereocenters. The predicted molar refractivity (Wildman–Crippen MR) is 60.9 cm³/mol. The van der Waals surface area contributed by atoms with Crippen molar-refractivity contribution in [2.45, 2.75) is 20.4 Å². The van der Waals surface area contributed by atoms with Gasteiger partial charge in [-0.3, -0.25) is 14.6 Å². The lowest BCUT2D eigenvalue weighted by Gasteiger charge is -2.00. The molecule has 2 rings (SSSR count). The Kier molecular flexibility index (Phi) is 2.46. The zero-order valence-corrected chi connectivity index (χ0v) is 8.95. The van der Waals surface area contributed by atoms with Gasteiger partial charge in [-0.1, -0.05) is 24.3 Å². The summed E-state index contributed by atoms with van der Waals surface area (Å²) in [5.74, 6) is 0. The van der Waals surface area contributed by atoms with E-state index in [9.17, 15) is 4.79 Å². The molecule has 1 N–H and O–H groups in total. The third-order valence-corrected chi connectivity index (χ3v) is 2.55. The lowest BCUT2D eigenvalue weighted by atomic mass is 10.0. The van der Waals surface area contributed by atoms with E-state index >= 15 is 0 Å². The molecule has 0 spiro atoms. The Hall–Kier alpha value is -1.77. The van der Waals surface area contributed by atoms with E-state index in [1.807, 2.05) is 44.3 Å². The molecule has 0 fully saturated rings. The van der Waals surface area contributed by atoms with Crippen LogP contribution in [0.1, 0.15) is 12.5 Å². The standard InChI is InChI=1S/C12H14N2O/c1-3-14-8-11(12(15)13-14)10-7-5-4-6-9(10)2/h4-8H,3H2,1-2H3,(H,13,15). The van der Waals surface area contributed by atoms with Crippen LogP contribution in [0.2, 0.25) is 0 Å². The summed E-state index contributed by atoms with van der Waals surface area (Å²) in [6, 6.07) is 7.91. The fraction of sp³-hybridized carbons (Fsp3) is 0.250. The van der Waals surface area contributed by atoms with Crippen LogP contribution in [-0.2, 0) is 6.54 Å². The Bertz CT molecular complexity index is 522. The predicted octanol–water partition coefficient (Wildman–Crippen LogP) is 2.17. The van der Waals surface area contributed by atoms with Crippen LogP contribution in [0.25, 0.3) is 11.1 Å². The molecule has 0 atom stereocenters. The highest BCUT2D eigenvalue weighted by atomic mass is 16.1. The van der Waals surface area contributed by atoms with Crippen LogP contribution in [-0.4, -0.2) is 9.78 Å². The van der Waals surface area contributed by atoms with Gasteiger partial charge in [-0.25, -0.2) is 0 Å². The zero-order chi connectivity index (χ0) is 10.8. The Balaban J connectivity index is 2.59. The molecule has 0 aliphatic heterocycles. The lowest BCUT2D eigenvalue weighted by Crippen LogP contribution is -2.05. The number of H-pyrrole nitrogens is 1. The minimum atomic E-state index is -0.0221. The van der Waals surface area contributed by atoms with Gasteiger partial charge in [-0.15, -0.1) is 0 Å². The SMILES string of the molecule is CCn1cc(-c2ccccc2C)c(=O)[nH]1. The maximum atomic E-state index is 11.7. The number of rotatable bonds is 2. The normalized spacial score (nSPS) is 10.5. The van der Waals surface area contributed by atoms with Gasteiger partial charge in [0.2, 0.25) is 0 Å².